The quantitative estimate of drug-likeness (QED) is 0.822. The first-order valence-electron chi connectivity index (χ1n) is 6.27. The Hall–Kier alpha value is -3.12. The topological polar surface area (TPSA) is 84.5 Å². The standard InChI is InChI=1S/C15H12FN5/c16-13-8-11(9-17)3-4-14(13)19-6-7-21-15-12(10-18)2-1-5-20-15/h1-5,8,19H,6-7H2,(H,20,21). The Morgan fingerprint density at radius 2 is 1.90 bits per heavy atom. The Morgan fingerprint density at radius 1 is 1.10 bits per heavy atom. The minimum Gasteiger partial charge on any atom is -0.381 e. The van der Waals surface area contributed by atoms with Crippen LogP contribution in [0.3, 0.4) is 0 Å². The van der Waals surface area contributed by atoms with Gasteiger partial charge in [0, 0.05) is 19.3 Å². The van der Waals surface area contributed by atoms with E-state index in [-0.39, 0.29) is 5.56 Å². The summed E-state index contributed by atoms with van der Waals surface area (Å²) < 4.78 is 13.6. The minimum atomic E-state index is -0.468. The molecule has 0 aliphatic carbocycles. The highest BCUT2D eigenvalue weighted by Gasteiger charge is 2.04. The number of benzene rings is 1. The Bertz CT molecular complexity index is 715. The molecule has 0 spiro atoms. The maximum absolute atomic E-state index is 13.6. The first kappa shape index (κ1) is 14.3. The van der Waals surface area contributed by atoms with Crippen LogP contribution in [0.4, 0.5) is 15.9 Å². The van der Waals surface area contributed by atoms with E-state index in [0.29, 0.717) is 30.2 Å². The van der Waals surface area contributed by atoms with Crippen LogP contribution in [0.2, 0.25) is 0 Å². The highest BCUT2D eigenvalue weighted by molar-refractivity contribution is 5.52. The molecule has 0 amide bonds. The van der Waals surface area contributed by atoms with Crippen LogP contribution in [0.1, 0.15) is 11.1 Å². The van der Waals surface area contributed by atoms with Crippen molar-refractivity contribution in [1.82, 2.24) is 4.98 Å². The van der Waals surface area contributed by atoms with E-state index in [1.54, 1.807) is 24.4 Å². The van der Waals surface area contributed by atoms with Crippen molar-refractivity contribution in [3.05, 3.63) is 53.5 Å². The lowest BCUT2D eigenvalue weighted by Crippen LogP contribution is -2.15. The predicted molar refractivity (Wildman–Crippen MR) is 77.0 cm³/mol. The third-order valence-corrected chi connectivity index (χ3v) is 2.76. The van der Waals surface area contributed by atoms with Crippen LogP contribution in [-0.4, -0.2) is 18.1 Å². The molecular formula is C15H12FN5. The second-order valence-corrected chi connectivity index (χ2v) is 4.17. The van der Waals surface area contributed by atoms with Gasteiger partial charge in [0.05, 0.1) is 22.9 Å². The van der Waals surface area contributed by atoms with Crippen LogP contribution in [-0.2, 0) is 0 Å². The van der Waals surface area contributed by atoms with E-state index < -0.39 is 5.82 Å². The molecule has 0 unspecified atom stereocenters. The molecule has 2 rings (SSSR count). The van der Waals surface area contributed by atoms with E-state index in [1.807, 2.05) is 12.1 Å². The van der Waals surface area contributed by atoms with E-state index in [1.165, 1.54) is 12.1 Å². The molecule has 6 heteroatoms. The van der Waals surface area contributed by atoms with Crippen LogP contribution < -0.4 is 10.6 Å². The highest BCUT2D eigenvalue weighted by atomic mass is 19.1. The van der Waals surface area contributed by atoms with Gasteiger partial charge in [-0.3, -0.25) is 0 Å². The number of nitrogens with one attached hydrogen (secondary N) is 2. The van der Waals surface area contributed by atoms with Crippen molar-refractivity contribution in [3.8, 4) is 12.1 Å². The van der Waals surface area contributed by atoms with Crippen LogP contribution in [0, 0.1) is 28.5 Å². The Morgan fingerprint density at radius 3 is 2.62 bits per heavy atom. The molecule has 5 nitrogen and oxygen atoms in total. The van der Waals surface area contributed by atoms with E-state index in [0.717, 1.165) is 0 Å². The number of rotatable bonds is 5. The van der Waals surface area contributed by atoms with Crippen LogP contribution >= 0.6 is 0 Å². The number of nitriles is 2. The van der Waals surface area contributed by atoms with E-state index in [4.69, 9.17) is 10.5 Å². The average Bonchev–Trinajstić information content (AvgIpc) is 2.53. The summed E-state index contributed by atoms with van der Waals surface area (Å²) in [5.41, 5.74) is 1.07. The summed E-state index contributed by atoms with van der Waals surface area (Å²) in [6.07, 6.45) is 1.59. The molecule has 104 valence electrons. The van der Waals surface area contributed by atoms with Crippen molar-refractivity contribution in [3.63, 3.8) is 0 Å². The normalized spacial score (nSPS) is 9.48. The van der Waals surface area contributed by atoms with Gasteiger partial charge in [-0.1, -0.05) is 0 Å². The summed E-state index contributed by atoms with van der Waals surface area (Å²) in [4.78, 5) is 4.06. The Balaban J connectivity index is 1.88. The highest BCUT2D eigenvalue weighted by Crippen LogP contribution is 2.15. The number of hydrogen-bond donors (Lipinski definition) is 2. The molecule has 1 aromatic carbocycles. The van der Waals surface area contributed by atoms with Crippen molar-refractivity contribution in [2.24, 2.45) is 0 Å². The molecule has 0 saturated carbocycles. The van der Waals surface area contributed by atoms with E-state index in [2.05, 4.69) is 15.6 Å². The van der Waals surface area contributed by atoms with Crippen molar-refractivity contribution in [2.45, 2.75) is 0 Å². The zero-order valence-electron chi connectivity index (χ0n) is 11.1. The number of hydrogen-bond acceptors (Lipinski definition) is 5. The second-order valence-electron chi connectivity index (χ2n) is 4.17. The lowest BCUT2D eigenvalue weighted by Gasteiger charge is -2.09. The predicted octanol–water partition coefficient (Wildman–Crippen LogP) is 2.49. The summed E-state index contributed by atoms with van der Waals surface area (Å²) in [6.45, 7) is 0.926. The number of pyridine rings is 1. The molecule has 0 atom stereocenters. The minimum absolute atomic E-state index is 0.281. The molecule has 0 aliphatic heterocycles. The number of halogens is 1. The van der Waals surface area contributed by atoms with Gasteiger partial charge in [-0.2, -0.15) is 10.5 Å². The molecule has 21 heavy (non-hydrogen) atoms. The molecule has 2 aromatic rings. The fourth-order valence-corrected chi connectivity index (χ4v) is 1.74. The first-order chi connectivity index (χ1) is 10.2. The summed E-state index contributed by atoms with van der Waals surface area (Å²) in [6, 6.07) is 11.5. The fourth-order valence-electron chi connectivity index (χ4n) is 1.74. The van der Waals surface area contributed by atoms with Crippen molar-refractivity contribution < 1.29 is 4.39 Å². The molecule has 0 radical (unpaired) electrons. The molecule has 0 saturated heterocycles. The van der Waals surface area contributed by atoms with Crippen molar-refractivity contribution in [2.75, 3.05) is 23.7 Å². The monoisotopic (exact) mass is 281 g/mol. The van der Waals surface area contributed by atoms with Gasteiger partial charge in [0.15, 0.2) is 0 Å². The lowest BCUT2D eigenvalue weighted by atomic mass is 10.2. The molecule has 1 heterocycles. The van der Waals surface area contributed by atoms with E-state index in [9.17, 15) is 4.39 Å². The van der Waals surface area contributed by atoms with Crippen molar-refractivity contribution >= 4 is 11.5 Å². The summed E-state index contributed by atoms with van der Waals surface area (Å²) in [5.74, 6) is 0.0340. The molecule has 2 N–H and O–H groups in total. The number of anilines is 2. The van der Waals surface area contributed by atoms with Gasteiger partial charge < -0.3 is 10.6 Å². The lowest BCUT2D eigenvalue weighted by molar-refractivity contribution is 0.630. The molecule has 0 bridgehead atoms. The third kappa shape index (κ3) is 3.68. The molecular weight excluding hydrogens is 269 g/mol. The molecule has 1 aromatic heterocycles. The largest absolute Gasteiger partial charge is 0.381 e. The van der Waals surface area contributed by atoms with Crippen LogP contribution in [0.5, 0.6) is 0 Å². The summed E-state index contributed by atoms with van der Waals surface area (Å²) in [7, 11) is 0. The van der Waals surface area contributed by atoms with Gasteiger partial charge in [0.2, 0.25) is 0 Å². The zero-order valence-corrected chi connectivity index (χ0v) is 11.1. The summed E-state index contributed by atoms with van der Waals surface area (Å²) >= 11 is 0. The van der Waals surface area contributed by atoms with Gasteiger partial charge in [-0.05, 0) is 30.3 Å². The van der Waals surface area contributed by atoms with E-state index >= 15 is 0 Å². The Kier molecular flexibility index (Phi) is 4.68. The maximum Gasteiger partial charge on any atom is 0.147 e. The fraction of sp³-hybridized carbons (Fsp3) is 0.133. The third-order valence-electron chi connectivity index (χ3n) is 2.76. The van der Waals surface area contributed by atoms with Gasteiger partial charge in [0.25, 0.3) is 0 Å². The Labute approximate surface area is 121 Å². The van der Waals surface area contributed by atoms with Gasteiger partial charge in [-0.15, -0.1) is 0 Å². The smallest absolute Gasteiger partial charge is 0.147 e. The van der Waals surface area contributed by atoms with Gasteiger partial charge >= 0.3 is 0 Å². The SMILES string of the molecule is N#Cc1ccc(NCCNc2ncccc2C#N)c(F)c1. The zero-order chi connectivity index (χ0) is 15.1. The average molecular weight is 281 g/mol. The van der Waals surface area contributed by atoms with Crippen molar-refractivity contribution in [1.29, 1.82) is 10.5 Å². The molecule has 0 aliphatic rings. The summed E-state index contributed by atoms with van der Waals surface area (Å²) in [5, 5.41) is 23.5. The number of nitrogens with zero attached hydrogens (tertiary/aromatic N) is 3. The van der Waals surface area contributed by atoms with Gasteiger partial charge in [0.1, 0.15) is 17.7 Å². The maximum atomic E-state index is 13.6. The second kappa shape index (κ2) is 6.88. The number of aromatic nitrogens is 1. The van der Waals surface area contributed by atoms with Crippen LogP contribution in [0.15, 0.2) is 36.5 Å². The first-order valence-corrected chi connectivity index (χ1v) is 6.27. The molecule has 0 fully saturated rings. The van der Waals surface area contributed by atoms with Crippen LogP contribution in [0.25, 0.3) is 0 Å². The van der Waals surface area contributed by atoms with Gasteiger partial charge in [-0.25, -0.2) is 9.37 Å².